The van der Waals surface area contributed by atoms with Gasteiger partial charge in [0.25, 0.3) is 5.91 Å². The smallest absolute Gasteiger partial charge is 0.335 e. The van der Waals surface area contributed by atoms with Crippen molar-refractivity contribution in [1.82, 2.24) is 34.7 Å². The first-order valence-corrected chi connectivity index (χ1v) is 18.0. The van der Waals surface area contributed by atoms with Crippen LogP contribution in [-0.2, 0) is 19.9 Å². The summed E-state index contributed by atoms with van der Waals surface area (Å²) in [5.41, 5.74) is 7.91. The number of hydrogen-bond acceptors (Lipinski definition) is 9. The van der Waals surface area contributed by atoms with Crippen LogP contribution in [0, 0.1) is 17.3 Å². The van der Waals surface area contributed by atoms with Gasteiger partial charge in [0.2, 0.25) is 0 Å². The molecule has 2 N–H and O–H groups in total. The molecule has 15 heteroatoms. The molecule has 3 heterocycles. The first-order valence-electron chi connectivity index (χ1n) is 17.6. The zero-order valence-electron chi connectivity index (χ0n) is 29.5. The number of esters is 1. The molecular formula is C37H42ClF2N9O3. The average molecular weight is 734 g/mol. The number of rotatable bonds is 14. The molecule has 274 valence electrons. The maximum absolute atomic E-state index is 15.2. The van der Waals surface area contributed by atoms with Gasteiger partial charge in [0, 0.05) is 17.5 Å². The van der Waals surface area contributed by atoms with Gasteiger partial charge in [-0.05, 0) is 72.6 Å². The molecule has 4 aromatic rings. The van der Waals surface area contributed by atoms with Gasteiger partial charge in [0.15, 0.2) is 17.3 Å². The molecular weight excluding hydrogens is 692 g/mol. The molecule has 2 aromatic carbocycles. The van der Waals surface area contributed by atoms with E-state index in [1.54, 1.807) is 23.1 Å². The Morgan fingerprint density at radius 2 is 1.83 bits per heavy atom. The zero-order chi connectivity index (χ0) is 36.9. The van der Waals surface area contributed by atoms with Gasteiger partial charge in [-0.25, -0.2) is 9.98 Å². The van der Waals surface area contributed by atoms with Crippen LogP contribution < -0.4 is 5.73 Å². The lowest BCUT2D eigenvalue weighted by molar-refractivity contribution is -0.148. The zero-order valence-corrected chi connectivity index (χ0v) is 30.3. The molecule has 0 unspecified atom stereocenters. The van der Waals surface area contributed by atoms with Crippen LogP contribution in [-0.4, -0.2) is 59.1 Å². The summed E-state index contributed by atoms with van der Waals surface area (Å²) in [7, 11) is 0. The summed E-state index contributed by atoms with van der Waals surface area (Å²) in [6, 6.07) is 11.7. The monoisotopic (exact) mass is 733 g/mol. The van der Waals surface area contributed by atoms with Crippen molar-refractivity contribution in [3.8, 4) is 22.6 Å². The molecule has 2 saturated carbocycles. The SMILES string of the molecule is CC(C)CC(=O)OC[C@H](c1ccc(Cl)c(-c2ncnn2C(F)F)c1)N1C(=O)[C@@](CC(C)(C)C2CC2)(c2ccc(-c3cnn(C4CC4)n3)cc2)N=C1N. The summed E-state index contributed by atoms with van der Waals surface area (Å²) in [5, 5.41) is 12.9. The highest BCUT2D eigenvalue weighted by Crippen LogP contribution is 2.54. The second-order valence-electron chi connectivity index (χ2n) is 15.1. The highest BCUT2D eigenvalue weighted by Gasteiger charge is 2.56. The molecule has 0 spiro atoms. The lowest BCUT2D eigenvalue weighted by Gasteiger charge is -2.36. The topological polar surface area (TPSA) is 146 Å². The number of ether oxygens (including phenoxy) is 1. The quantitative estimate of drug-likeness (QED) is 0.135. The van der Waals surface area contributed by atoms with Crippen LogP contribution in [0.3, 0.4) is 0 Å². The molecule has 2 fully saturated rings. The van der Waals surface area contributed by atoms with E-state index in [4.69, 9.17) is 27.1 Å². The third-order valence-corrected chi connectivity index (χ3v) is 10.6. The maximum atomic E-state index is 15.2. The molecule has 12 nitrogen and oxygen atoms in total. The molecule has 7 rings (SSSR count). The van der Waals surface area contributed by atoms with Crippen molar-refractivity contribution in [2.24, 2.45) is 28.0 Å². The Balaban J connectivity index is 1.29. The normalized spacial score (nSPS) is 19.8. The van der Waals surface area contributed by atoms with E-state index < -0.39 is 24.1 Å². The van der Waals surface area contributed by atoms with Crippen LogP contribution in [0.5, 0.6) is 0 Å². The minimum atomic E-state index is -2.97. The van der Waals surface area contributed by atoms with Crippen molar-refractivity contribution in [2.45, 2.75) is 90.4 Å². The van der Waals surface area contributed by atoms with E-state index in [9.17, 15) is 13.6 Å². The van der Waals surface area contributed by atoms with Crippen molar-refractivity contribution in [3.05, 3.63) is 71.1 Å². The number of aromatic nitrogens is 6. The first-order chi connectivity index (χ1) is 24.8. The highest BCUT2D eigenvalue weighted by molar-refractivity contribution is 6.33. The van der Waals surface area contributed by atoms with Crippen LogP contribution in [0.2, 0.25) is 5.02 Å². The van der Waals surface area contributed by atoms with Gasteiger partial charge >= 0.3 is 12.5 Å². The number of hydrogen-bond donors (Lipinski definition) is 1. The molecule has 0 bridgehead atoms. The number of nitrogens with zero attached hydrogens (tertiary/aromatic N) is 8. The van der Waals surface area contributed by atoms with Crippen molar-refractivity contribution < 1.29 is 23.1 Å². The lowest BCUT2D eigenvalue weighted by Crippen LogP contribution is -2.47. The van der Waals surface area contributed by atoms with E-state index in [0.29, 0.717) is 34.2 Å². The molecule has 1 aliphatic heterocycles. The van der Waals surface area contributed by atoms with Crippen molar-refractivity contribution in [2.75, 3.05) is 6.61 Å². The number of amides is 1. The van der Waals surface area contributed by atoms with E-state index in [-0.39, 0.29) is 52.6 Å². The number of halogens is 3. The number of nitrogens with two attached hydrogens (primary N) is 1. The van der Waals surface area contributed by atoms with Gasteiger partial charge in [0.1, 0.15) is 18.6 Å². The number of benzene rings is 2. The van der Waals surface area contributed by atoms with Crippen LogP contribution in [0.25, 0.3) is 22.6 Å². The van der Waals surface area contributed by atoms with Crippen molar-refractivity contribution in [3.63, 3.8) is 0 Å². The van der Waals surface area contributed by atoms with Gasteiger partial charge in [-0.15, -0.1) is 0 Å². The predicted octanol–water partition coefficient (Wildman–Crippen LogP) is 7.10. The summed E-state index contributed by atoms with van der Waals surface area (Å²) in [5.74, 6) is -0.604. The lowest BCUT2D eigenvalue weighted by atomic mass is 9.72. The van der Waals surface area contributed by atoms with Gasteiger partial charge in [-0.1, -0.05) is 69.6 Å². The standard InChI is InChI=1S/C37H42ClF2N9O3/c1-21(2)15-31(50)52-18-30(23-7-14-28(38)27(16-23)32-42-20-44-48(32)34(39)40)47-33(51)37(45-35(47)41,19-36(3,4)24-10-11-24)25-8-5-22(6-9-25)29-17-43-49(46-29)26-12-13-26/h5-9,14,16-17,20-21,24,26,30,34H,10-13,15,18-19H2,1-4H3,(H2,41,45)/t30-,37-/m1/s1. The first kappa shape index (κ1) is 35.7. The van der Waals surface area contributed by atoms with E-state index in [1.807, 2.05) is 38.1 Å². The van der Waals surface area contributed by atoms with Crippen molar-refractivity contribution >= 4 is 29.4 Å². The van der Waals surface area contributed by atoms with Crippen LogP contribution in [0.1, 0.15) is 96.0 Å². The van der Waals surface area contributed by atoms with Gasteiger partial charge in [-0.3, -0.25) is 14.5 Å². The average Bonchev–Trinajstić information content (AvgIpc) is 4.02. The summed E-state index contributed by atoms with van der Waals surface area (Å²) in [6.07, 6.45) is 7.54. The van der Waals surface area contributed by atoms with E-state index >= 15 is 4.79 Å². The summed E-state index contributed by atoms with van der Waals surface area (Å²) >= 11 is 6.53. The Kier molecular flexibility index (Phi) is 9.39. The number of carbonyl (C=O) groups excluding carboxylic acids is 2. The number of carbonyl (C=O) groups is 2. The Labute approximate surface area is 305 Å². The minimum absolute atomic E-state index is 0.0346. The largest absolute Gasteiger partial charge is 0.463 e. The summed E-state index contributed by atoms with van der Waals surface area (Å²) in [4.78, 5) is 40.2. The van der Waals surface area contributed by atoms with Crippen LogP contribution in [0.4, 0.5) is 8.78 Å². The van der Waals surface area contributed by atoms with Crippen LogP contribution in [0.15, 0.2) is 60.0 Å². The summed E-state index contributed by atoms with van der Waals surface area (Å²) in [6.45, 7) is 4.85. The third-order valence-electron chi connectivity index (χ3n) is 10.2. The molecule has 52 heavy (non-hydrogen) atoms. The van der Waals surface area contributed by atoms with Crippen molar-refractivity contribution in [1.29, 1.82) is 0 Å². The molecule has 1 amide bonds. The Morgan fingerprint density at radius 3 is 2.48 bits per heavy atom. The fourth-order valence-corrected chi connectivity index (χ4v) is 7.38. The molecule has 0 radical (unpaired) electrons. The number of alkyl halides is 2. The van der Waals surface area contributed by atoms with E-state index in [2.05, 4.69) is 34.1 Å². The van der Waals surface area contributed by atoms with E-state index in [0.717, 1.165) is 43.3 Å². The number of guanidine groups is 1. The molecule has 0 saturated heterocycles. The van der Waals surface area contributed by atoms with Gasteiger partial charge < -0.3 is 10.5 Å². The van der Waals surface area contributed by atoms with Gasteiger partial charge in [0.05, 0.1) is 23.3 Å². The minimum Gasteiger partial charge on any atom is -0.463 e. The van der Waals surface area contributed by atoms with Gasteiger partial charge in [-0.2, -0.15) is 33.6 Å². The van der Waals surface area contributed by atoms with Crippen LogP contribution >= 0.6 is 11.6 Å². The Hall–Kier alpha value is -4.72. The molecule has 2 atom stereocenters. The highest BCUT2D eigenvalue weighted by atomic mass is 35.5. The Bertz CT molecular complexity index is 2000. The second kappa shape index (κ2) is 13.7. The fraction of sp³-hybridized carbons (Fsp3) is 0.486. The molecule has 2 aliphatic carbocycles. The van der Waals surface area contributed by atoms with E-state index in [1.165, 1.54) is 11.0 Å². The molecule has 2 aromatic heterocycles. The number of aliphatic imine (C=N–C) groups is 1. The Morgan fingerprint density at radius 1 is 1.10 bits per heavy atom. The second-order valence-corrected chi connectivity index (χ2v) is 15.6. The fourth-order valence-electron chi connectivity index (χ4n) is 7.17. The summed E-state index contributed by atoms with van der Waals surface area (Å²) < 4.78 is 34.0. The molecule has 3 aliphatic rings. The maximum Gasteiger partial charge on any atom is 0.335 e. The third kappa shape index (κ3) is 6.92. The predicted molar refractivity (Wildman–Crippen MR) is 190 cm³/mol.